The van der Waals surface area contributed by atoms with E-state index in [1.54, 1.807) is 19.2 Å². The lowest BCUT2D eigenvalue weighted by atomic mass is 10.2. The fourth-order valence-corrected chi connectivity index (χ4v) is 1.61. The summed E-state index contributed by atoms with van der Waals surface area (Å²) in [4.78, 5) is 10.2. The molecule has 0 aliphatic rings. The molecule has 2 aromatic rings. The molecule has 1 unspecified atom stereocenters. The van der Waals surface area contributed by atoms with Gasteiger partial charge in [-0.05, 0) is 19.1 Å². The van der Waals surface area contributed by atoms with Crippen LogP contribution >= 0.6 is 0 Å². The van der Waals surface area contributed by atoms with Crippen molar-refractivity contribution in [2.45, 2.75) is 13.0 Å². The number of hydrogen-bond acceptors (Lipinski definition) is 4. The molecule has 1 atom stereocenters. The van der Waals surface area contributed by atoms with Gasteiger partial charge in [0.05, 0.1) is 16.7 Å². The fourth-order valence-electron chi connectivity index (χ4n) is 1.61. The van der Waals surface area contributed by atoms with Crippen molar-refractivity contribution in [3.8, 4) is 0 Å². The smallest absolute Gasteiger partial charge is 0.295 e. The third-order valence-electron chi connectivity index (χ3n) is 2.54. The highest BCUT2D eigenvalue weighted by Crippen LogP contribution is 2.30. The molecule has 0 aliphatic heterocycles. The number of nitrogens with one attached hydrogen (secondary N) is 2. The summed E-state index contributed by atoms with van der Waals surface area (Å²) >= 11 is 0. The monoisotopic (exact) mass is 250 g/mol. The first-order valence-electron chi connectivity index (χ1n) is 5.28. The third kappa shape index (κ3) is 2.29. The van der Waals surface area contributed by atoms with E-state index in [1.807, 2.05) is 0 Å². The van der Waals surface area contributed by atoms with Gasteiger partial charge in [-0.3, -0.25) is 15.2 Å². The highest BCUT2D eigenvalue weighted by atomic mass is 19.1. The van der Waals surface area contributed by atoms with E-state index in [1.165, 1.54) is 18.2 Å². The predicted octanol–water partition coefficient (Wildman–Crippen LogP) is 2.63. The highest BCUT2D eigenvalue weighted by molar-refractivity contribution is 5.62. The molecular formula is C11H11FN4O2. The Morgan fingerprint density at radius 1 is 1.50 bits per heavy atom. The molecule has 0 spiro atoms. The molecule has 0 fully saturated rings. The van der Waals surface area contributed by atoms with E-state index >= 15 is 0 Å². The maximum atomic E-state index is 13.6. The summed E-state index contributed by atoms with van der Waals surface area (Å²) in [7, 11) is 0. The van der Waals surface area contributed by atoms with Gasteiger partial charge >= 0.3 is 0 Å². The van der Waals surface area contributed by atoms with Gasteiger partial charge in [-0.1, -0.05) is 6.07 Å². The molecule has 0 bridgehead atoms. The van der Waals surface area contributed by atoms with E-state index in [0.29, 0.717) is 5.69 Å². The van der Waals surface area contributed by atoms with Crippen molar-refractivity contribution < 1.29 is 9.31 Å². The van der Waals surface area contributed by atoms with Crippen molar-refractivity contribution in [1.29, 1.82) is 0 Å². The van der Waals surface area contributed by atoms with Crippen molar-refractivity contribution in [3.05, 3.63) is 52.1 Å². The summed E-state index contributed by atoms with van der Waals surface area (Å²) in [6, 6.07) is 5.13. The van der Waals surface area contributed by atoms with Crippen molar-refractivity contribution in [3.63, 3.8) is 0 Å². The van der Waals surface area contributed by atoms with Gasteiger partial charge in [-0.2, -0.15) is 5.10 Å². The maximum absolute atomic E-state index is 13.6. The van der Waals surface area contributed by atoms with Crippen molar-refractivity contribution in [2.24, 2.45) is 0 Å². The van der Waals surface area contributed by atoms with E-state index < -0.39 is 10.7 Å². The molecule has 6 nitrogen and oxygen atoms in total. The van der Waals surface area contributed by atoms with Gasteiger partial charge < -0.3 is 5.32 Å². The summed E-state index contributed by atoms with van der Waals surface area (Å²) in [5.74, 6) is -0.657. The molecular weight excluding hydrogens is 239 g/mol. The van der Waals surface area contributed by atoms with E-state index in [0.717, 1.165) is 0 Å². The van der Waals surface area contributed by atoms with Crippen LogP contribution in [0, 0.1) is 15.9 Å². The van der Waals surface area contributed by atoms with Crippen LogP contribution in [0.3, 0.4) is 0 Å². The van der Waals surface area contributed by atoms with Gasteiger partial charge in [0.15, 0.2) is 5.82 Å². The van der Waals surface area contributed by atoms with Crippen LogP contribution < -0.4 is 5.32 Å². The molecule has 0 saturated heterocycles. The summed E-state index contributed by atoms with van der Waals surface area (Å²) in [6.07, 6.45) is 1.56. The Bertz CT molecular complexity index is 556. The van der Waals surface area contributed by atoms with E-state index in [2.05, 4.69) is 15.5 Å². The van der Waals surface area contributed by atoms with Crippen LogP contribution in [0.5, 0.6) is 0 Å². The first-order valence-corrected chi connectivity index (χ1v) is 5.28. The minimum Gasteiger partial charge on any atom is -0.369 e. The van der Waals surface area contributed by atoms with Crippen LogP contribution in [-0.4, -0.2) is 15.1 Å². The average molecular weight is 250 g/mol. The normalized spacial score (nSPS) is 12.1. The number of nitro groups is 1. The quantitative estimate of drug-likeness (QED) is 0.645. The SMILES string of the molecule is CC(Nc1c(F)cccc1[N+](=O)[O-])c1ccn[nH]1. The lowest BCUT2D eigenvalue weighted by Gasteiger charge is -2.14. The first kappa shape index (κ1) is 12.0. The number of halogens is 1. The number of aromatic amines is 1. The van der Waals surface area contributed by atoms with Gasteiger partial charge in [-0.15, -0.1) is 0 Å². The standard InChI is InChI=1S/C11H11FN4O2/c1-7(9-5-6-13-15-9)14-11-8(12)3-2-4-10(11)16(17)18/h2-7,14H,1H3,(H,13,15). The van der Waals surface area contributed by atoms with E-state index in [9.17, 15) is 14.5 Å². The Morgan fingerprint density at radius 2 is 2.28 bits per heavy atom. The van der Waals surface area contributed by atoms with Crippen LogP contribution in [0.4, 0.5) is 15.8 Å². The number of aromatic nitrogens is 2. The fraction of sp³-hybridized carbons (Fsp3) is 0.182. The van der Waals surface area contributed by atoms with Gasteiger partial charge in [0.1, 0.15) is 5.69 Å². The molecule has 1 heterocycles. The van der Waals surface area contributed by atoms with E-state index in [4.69, 9.17) is 0 Å². The zero-order valence-electron chi connectivity index (χ0n) is 9.55. The number of anilines is 1. The predicted molar refractivity (Wildman–Crippen MR) is 63.7 cm³/mol. The first-order chi connectivity index (χ1) is 8.59. The topological polar surface area (TPSA) is 83.8 Å². The molecule has 0 saturated carbocycles. The molecule has 0 amide bonds. The molecule has 7 heteroatoms. The second kappa shape index (κ2) is 4.82. The Kier molecular flexibility index (Phi) is 3.22. The molecule has 1 aromatic heterocycles. The highest BCUT2D eigenvalue weighted by Gasteiger charge is 2.20. The Labute approximate surface area is 102 Å². The van der Waals surface area contributed by atoms with Gasteiger partial charge in [0, 0.05) is 12.3 Å². The number of hydrogen-bond donors (Lipinski definition) is 2. The molecule has 94 valence electrons. The Morgan fingerprint density at radius 3 is 2.89 bits per heavy atom. The number of benzene rings is 1. The second-order valence-electron chi connectivity index (χ2n) is 3.77. The summed E-state index contributed by atoms with van der Waals surface area (Å²) < 4.78 is 13.6. The minimum absolute atomic E-state index is 0.121. The van der Waals surface area contributed by atoms with Crippen LogP contribution in [-0.2, 0) is 0 Å². The summed E-state index contributed by atoms with van der Waals surface area (Å²) in [5.41, 5.74) is 0.304. The molecule has 18 heavy (non-hydrogen) atoms. The largest absolute Gasteiger partial charge is 0.369 e. The number of rotatable bonds is 4. The van der Waals surface area contributed by atoms with Crippen molar-refractivity contribution in [2.75, 3.05) is 5.32 Å². The zero-order valence-corrected chi connectivity index (χ0v) is 9.55. The lowest BCUT2D eigenvalue weighted by Crippen LogP contribution is -2.10. The van der Waals surface area contributed by atoms with Crippen LogP contribution in [0.15, 0.2) is 30.5 Å². The summed E-state index contributed by atoms with van der Waals surface area (Å²) in [5, 5.41) is 20.1. The van der Waals surface area contributed by atoms with Crippen molar-refractivity contribution >= 4 is 11.4 Å². The minimum atomic E-state index is -0.657. The lowest BCUT2D eigenvalue weighted by molar-refractivity contribution is -0.384. The number of nitro benzene ring substituents is 1. The zero-order chi connectivity index (χ0) is 13.1. The van der Waals surface area contributed by atoms with Gasteiger partial charge in [-0.25, -0.2) is 4.39 Å². The average Bonchev–Trinajstić information content (AvgIpc) is 2.85. The number of H-pyrrole nitrogens is 1. The van der Waals surface area contributed by atoms with Gasteiger partial charge in [0.2, 0.25) is 0 Å². The molecule has 2 N–H and O–H groups in total. The van der Waals surface area contributed by atoms with Crippen LogP contribution in [0.25, 0.3) is 0 Å². The maximum Gasteiger partial charge on any atom is 0.295 e. The summed E-state index contributed by atoms with van der Waals surface area (Å²) in [6.45, 7) is 1.75. The Balaban J connectivity index is 2.31. The molecule has 0 aliphatic carbocycles. The molecule has 0 radical (unpaired) electrons. The molecule has 2 rings (SSSR count). The Hall–Kier alpha value is -2.44. The molecule has 1 aromatic carbocycles. The van der Waals surface area contributed by atoms with Crippen LogP contribution in [0.2, 0.25) is 0 Å². The van der Waals surface area contributed by atoms with Gasteiger partial charge in [0.25, 0.3) is 5.69 Å². The number of para-hydroxylation sites is 1. The van der Waals surface area contributed by atoms with E-state index in [-0.39, 0.29) is 17.4 Å². The second-order valence-corrected chi connectivity index (χ2v) is 3.77. The third-order valence-corrected chi connectivity index (χ3v) is 2.54. The van der Waals surface area contributed by atoms with Crippen LogP contribution in [0.1, 0.15) is 18.7 Å². The van der Waals surface area contributed by atoms with Crippen molar-refractivity contribution in [1.82, 2.24) is 10.2 Å². The number of nitrogens with zero attached hydrogens (tertiary/aromatic N) is 2.